The Hall–Kier alpha value is -3.67. The first-order valence-electron chi connectivity index (χ1n) is 11.2. The molecule has 0 spiro atoms. The van der Waals surface area contributed by atoms with Crippen molar-refractivity contribution in [1.82, 2.24) is 0 Å². The van der Waals surface area contributed by atoms with E-state index in [1.807, 2.05) is 0 Å². The fourth-order valence-corrected chi connectivity index (χ4v) is 5.88. The van der Waals surface area contributed by atoms with Gasteiger partial charge in [0.25, 0.3) is 5.91 Å². The first-order chi connectivity index (χ1) is 16.5. The van der Waals surface area contributed by atoms with E-state index < -0.39 is 81.4 Å². The second kappa shape index (κ2) is 7.66. The lowest BCUT2D eigenvalue weighted by molar-refractivity contribution is -0.156. The van der Waals surface area contributed by atoms with Crippen molar-refractivity contribution in [2.75, 3.05) is 19.0 Å². The number of primary amides is 1. The third kappa shape index (κ3) is 2.81. The number of hydrogen-bond donors (Lipinski definition) is 7. The smallest absolute Gasteiger partial charge is 0.255 e. The number of benzene rings is 1. The molecule has 0 aliphatic heterocycles. The number of phenols is 1. The quantitative estimate of drug-likeness (QED) is 0.283. The normalized spacial score (nSPS) is 31.6. The van der Waals surface area contributed by atoms with Gasteiger partial charge in [-0.3, -0.25) is 14.4 Å². The number of ketones is 2. The number of aliphatic hydroxyl groups excluding tert-OH is 3. The molecule has 5 atom stereocenters. The molecule has 0 radical (unpaired) electrons. The van der Waals surface area contributed by atoms with Gasteiger partial charge < -0.3 is 41.9 Å². The number of nitrogens with two attached hydrogens (primary N) is 2. The van der Waals surface area contributed by atoms with E-state index in [-0.39, 0.29) is 16.7 Å². The SMILES string of the molecule is C=C(C)c1cc(N(C)C)c2c(c1O)C(=O)C1=C(O)[C@]3(O)C(=O)C(C(N)=O)=C(O)C[C@@H]3C(O)[C@]1(N)[C@H]2C. The number of aromatic hydroxyl groups is 1. The summed E-state index contributed by atoms with van der Waals surface area (Å²) in [5.74, 6) is -8.74. The molecule has 0 saturated carbocycles. The number of allylic oxidation sites excluding steroid dienone is 2. The maximum absolute atomic E-state index is 13.9. The van der Waals surface area contributed by atoms with Gasteiger partial charge in [0.05, 0.1) is 22.8 Å². The summed E-state index contributed by atoms with van der Waals surface area (Å²) in [7, 11) is 3.42. The van der Waals surface area contributed by atoms with Gasteiger partial charge in [-0.05, 0) is 24.1 Å². The van der Waals surface area contributed by atoms with Crippen molar-refractivity contribution < 1.29 is 39.9 Å². The summed E-state index contributed by atoms with van der Waals surface area (Å²) in [4.78, 5) is 40.6. The number of anilines is 1. The largest absolute Gasteiger partial charge is 0.511 e. The topological polar surface area (TPSA) is 208 Å². The van der Waals surface area contributed by atoms with E-state index in [4.69, 9.17) is 11.5 Å². The van der Waals surface area contributed by atoms with Crippen LogP contribution in [0.1, 0.15) is 47.7 Å². The first kappa shape index (κ1) is 25.4. The molecule has 3 aliphatic rings. The number of nitrogens with zero attached hydrogens (tertiary/aromatic N) is 1. The van der Waals surface area contributed by atoms with Gasteiger partial charge in [0.15, 0.2) is 11.4 Å². The minimum absolute atomic E-state index is 0.222. The van der Waals surface area contributed by atoms with Crippen LogP contribution >= 0.6 is 0 Å². The van der Waals surface area contributed by atoms with E-state index in [0.29, 0.717) is 11.3 Å². The van der Waals surface area contributed by atoms with Crippen LogP contribution in [0.15, 0.2) is 35.3 Å². The number of hydrogen-bond acceptors (Lipinski definition) is 10. The molecule has 1 aromatic carbocycles. The third-order valence-corrected chi connectivity index (χ3v) is 7.82. The molecule has 9 N–H and O–H groups in total. The van der Waals surface area contributed by atoms with Crippen molar-refractivity contribution >= 4 is 28.7 Å². The molecule has 1 amide bonds. The predicted octanol–water partition coefficient (Wildman–Crippen LogP) is 0.293. The Morgan fingerprint density at radius 1 is 1.22 bits per heavy atom. The Morgan fingerprint density at radius 3 is 2.31 bits per heavy atom. The van der Waals surface area contributed by atoms with Gasteiger partial charge in [0.1, 0.15) is 22.8 Å². The summed E-state index contributed by atoms with van der Waals surface area (Å²) in [6.07, 6.45) is -2.47. The van der Waals surface area contributed by atoms with Gasteiger partial charge in [0.2, 0.25) is 5.78 Å². The van der Waals surface area contributed by atoms with Gasteiger partial charge in [-0.1, -0.05) is 13.5 Å². The van der Waals surface area contributed by atoms with E-state index in [9.17, 15) is 39.9 Å². The number of amides is 1. The predicted molar refractivity (Wildman–Crippen MR) is 129 cm³/mol. The molecule has 36 heavy (non-hydrogen) atoms. The van der Waals surface area contributed by atoms with Crippen LogP contribution in [0.25, 0.3) is 5.57 Å². The van der Waals surface area contributed by atoms with Crippen molar-refractivity contribution in [3.05, 3.63) is 52.0 Å². The van der Waals surface area contributed by atoms with E-state index in [2.05, 4.69) is 6.58 Å². The highest BCUT2D eigenvalue weighted by Gasteiger charge is 2.68. The Balaban J connectivity index is 2.12. The lowest BCUT2D eigenvalue weighted by atomic mass is 9.53. The lowest BCUT2D eigenvalue weighted by Gasteiger charge is -2.55. The molecule has 1 aromatic rings. The van der Waals surface area contributed by atoms with Crippen LogP contribution in [0.3, 0.4) is 0 Å². The number of phenolic OH excluding ortho intramolecular Hbond substituents is 1. The van der Waals surface area contributed by atoms with Crippen LogP contribution in [0.2, 0.25) is 0 Å². The zero-order chi connectivity index (χ0) is 27.2. The van der Waals surface area contributed by atoms with Gasteiger partial charge >= 0.3 is 0 Å². The van der Waals surface area contributed by atoms with Crippen LogP contribution < -0.4 is 16.4 Å². The Labute approximate surface area is 206 Å². The Bertz CT molecular complexity index is 1340. The molecule has 0 fully saturated rings. The minimum atomic E-state index is -2.97. The summed E-state index contributed by atoms with van der Waals surface area (Å²) >= 11 is 0. The Morgan fingerprint density at radius 2 is 1.81 bits per heavy atom. The van der Waals surface area contributed by atoms with Crippen LogP contribution in [0, 0.1) is 5.92 Å². The molecular formula is C25H29N3O8. The van der Waals surface area contributed by atoms with Crippen molar-refractivity contribution in [3.8, 4) is 5.75 Å². The van der Waals surface area contributed by atoms with Gasteiger partial charge in [-0.15, -0.1) is 0 Å². The van der Waals surface area contributed by atoms with Gasteiger partial charge in [-0.2, -0.15) is 0 Å². The average Bonchev–Trinajstić information content (AvgIpc) is 2.77. The summed E-state index contributed by atoms with van der Waals surface area (Å²) < 4.78 is 0. The van der Waals surface area contributed by atoms with Crippen molar-refractivity contribution in [2.24, 2.45) is 17.4 Å². The molecule has 11 nitrogen and oxygen atoms in total. The Kier molecular flexibility index (Phi) is 5.41. The summed E-state index contributed by atoms with van der Waals surface area (Å²) in [6.45, 7) is 7.04. The van der Waals surface area contributed by atoms with Crippen LogP contribution in [0.4, 0.5) is 5.69 Å². The van der Waals surface area contributed by atoms with Crippen LogP contribution in [0.5, 0.6) is 5.75 Å². The second-order valence-electron chi connectivity index (χ2n) is 10.00. The highest BCUT2D eigenvalue weighted by molar-refractivity contribution is 6.25. The van der Waals surface area contributed by atoms with Crippen molar-refractivity contribution in [3.63, 3.8) is 0 Å². The molecular weight excluding hydrogens is 470 g/mol. The number of Topliss-reactive ketones (excluding diaryl/α,β-unsaturated/α-hetero) is 2. The molecule has 0 bridgehead atoms. The number of fused-ring (bicyclic) bond motifs is 3. The lowest BCUT2D eigenvalue weighted by Crippen LogP contribution is -2.72. The van der Waals surface area contributed by atoms with E-state index in [1.165, 1.54) is 0 Å². The number of aliphatic hydroxyl groups is 4. The maximum Gasteiger partial charge on any atom is 0.255 e. The van der Waals surface area contributed by atoms with Crippen LogP contribution in [-0.2, 0) is 9.59 Å². The highest BCUT2D eigenvalue weighted by atomic mass is 16.4. The standard InChI is InChI=1S/C25H29N3O8/c1-8(2)10-6-12(28(4)5)14-9(3)24(27)17(19(31)16(14)18(10)30)22(34)25(36)11(20(24)32)7-13(29)15(21(25)33)23(26)35/h6,9,11,20,29-30,32,34,36H,1,7,27H2,2-5H3,(H2,26,35)/t9-,11+,20?,24-,25+/m0/s1. The van der Waals surface area contributed by atoms with E-state index in [0.717, 1.165) is 0 Å². The van der Waals surface area contributed by atoms with Gasteiger partial charge in [-0.25, -0.2) is 0 Å². The molecule has 0 aromatic heterocycles. The molecule has 3 aliphatic carbocycles. The molecule has 0 saturated heterocycles. The fraction of sp³-hybridized carbons (Fsp3) is 0.400. The fourth-order valence-electron chi connectivity index (χ4n) is 5.88. The summed E-state index contributed by atoms with van der Waals surface area (Å²) in [6, 6.07) is 1.63. The zero-order valence-electron chi connectivity index (χ0n) is 20.3. The number of rotatable bonds is 3. The molecule has 0 heterocycles. The molecule has 1 unspecified atom stereocenters. The van der Waals surface area contributed by atoms with E-state index in [1.54, 1.807) is 38.9 Å². The van der Waals surface area contributed by atoms with Crippen LogP contribution in [-0.4, -0.2) is 74.3 Å². The molecule has 192 valence electrons. The van der Waals surface area contributed by atoms with Crippen molar-refractivity contribution in [1.29, 1.82) is 0 Å². The monoisotopic (exact) mass is 499 g/mol. The van der Waals surface area contributed by atoms with Crippen molar-refractivity contribution in [2.45, 2.75) is 43.4 Å². The first-order valence-corrected chi connectivity index (χ1v) is 11.2. The molecule has 4 rings (SSSR count). The maximum atomic E-state index is 13.9. The summed E-state index contributed by atoms with van der Waals surface area (Å²) in [5, 5.41) is 55.6. The summed E-state index contributed by atoms with van der Waals surface area (Å²) in [5.41, 5.74) is 6.53. The third-order valence-electron chi connectivity index (χ3n) is 7.82. The van der Waals surface area contributed by atoms with E-state index >= 15 is 0 Å². The van der Waals surface area contributed by atoms with Gasteiger partial charge in [0, 0.05) is 43.6 Å². The second-order valence-corrected chi connectivity index (χ2v) is 10.00. The highest BCUT2D eigenvalue weighted by Crippen LogP contribution is 2.57. The number of carbonyl (C=O) groups excluding carboxylic acids is 3. The zero-order valence-corrected chi connectivity index (χ0v) is 20.3. The average molecular weight is 500 g/mol. The minimum Gasteiger partial charge on any atom is -0.511 e. The number of carbonyl (C=O) groups is 3. The molecule has 11 heteroatoms.